The molecule has 0 spiro atoms. The van der Waals surface area contributed by atoms with Crippen molar-refractivity contribution in [2.75, 3.05) is 24.3 Å². The van der Waals surface area contributed by atoms with E-state index in [0.29, 0.717) is 24.1 Å². The molecule has 0 fully saturated rings. The molecule has 10 nitrogen and oxygen atoms in total. The number of amides is 2. The smallest absolute Gasteiger partial charge is 0.339 e. The molecule has 2 amide bonds. The molecular weight excluding hydrogens is 470 g/mol. The number of aromatic amines is 1. The molecule has 0 atom stereocenters. The lowest BCUT2D eigenvalue weighted by molar-refractivity contribution is 0.252. The second-order valence-corrected chi connectivity index (χ2v) is 9.06. The minimum Gasteiger partial charge on any atom is -0.497 e. The van der Waals surface area contributed by atoms with Crippen molar-refractivity contribution in [3.63, 3.8) is 0 Å². The lowest BCUT2D eigenvalue weighted by Crippen LogP contribution is -2.28. The number of hydrogen-bond acceptors (Lipinski definition) is 7. The Bertz CT molecular complexity index is 1420. The van der Waals surface area contributed by atoms with E-state index in [1.165, 1.54) is 24.3 Å². The van der Waals surface area contributed by atoms with Crippen molar-refractivity contribution in [3.05, 3.63) is 72.3 Å². The van der Waals surface area contributed by atoms with Crippen LogP contribution in [0.1, 0.15) is 12.5 Å². The summed E-state index contributed by atoms with van der Waals surface area (Å²) in [6.07, 6.45) is 0. The number of carbonyl (C=O) groups is 1. The molecule has 1 heterocycles. The molecule has 0 unspecified atom stereocenters. The number of methoxy groups -OCH3 is 1. The first-order chi connectivity index (χ1) is 16.9. The van der Waals surface area contributed by atoms with Crippen LogP contribution in [0.2, 0.25) is 0 Å². The number of anilines is 2. The second kappa shape index (κ2) is 10.3. The van der Waals surface area contributed by atoms with Crippen molar-refractivity contribution < 1.29 is 22.1 Å². The average Bonchev–Trinajstić information content (AvgIpc) is 3.24. The molecule has 0 saturated heterocycles. The van der Waals surface area contributed by atoms with Crippen molar-refractivity contribution in [3.8, 4) is 11.5 Å². The first-order valence-corrected chi connectivity index (χ1v) is 12.2. The predicted molar refractivity (Wildman–Crippen MR) is 133 cm³/mol. The van der Waals surface area contributed by atoms with Crippen LogP contribution in [-0.2, 0) is 16.7 Å². The first kappa shape index (κ1) is 23.9. The fourth-order valence-electron chi connectivity index (χ4n) is 3.27. The molecule has 35 heavy (non-hydrogen) atoms. The zero-order valence-electron chi connectivity index (χ0n) is 19.2. The molecule has 0 aliphatic heterocycles. The van der Waals surface area contributed by atoms with Gasteiger partial charge in [-0.15, -0.1) is 0 Å². The van der Waals surface area contributed by atoms with Gasteiger partial charge >= 0.3 is 16.1 Å². The van der Waals surface area contributed by atoms with Crippen LogP contribution in [0.15, 0.2) is 71.6 Å². The van der Waals surface area contributed by atoms with Crippen molar-refractivity contribution in [2.24, 2.45) is 0 Å². The normalized spacial score (nSPS) is 11.1. The average molecular weight is 496 g/mol. The highest BCUT2D eigenvalue weighted by Gasteiger charge is 2.17. The van der Waals surface area contributed by atoms with Gasteiger partial charge in [0, 0.05) is 24.8 Å². The fraction of sp³-hybridized carbons (Fsp3) is 0.167. The molecule has 3 aromatic carbocycles. The number of fused-ring (bicyclic) bond motifs is 1. The summed E-state index contributed by atoms with van der Waals surface area (Å²) in [7, 11) is -2.43. The van der Waals surface area contributed by atoms with Crippen LogP contribution in [-0.4, -0.2) is 38.1 Å². The summed E-state index contributed by atoms with van der Waals surface area (Å²) in [4.78, 5) is 18.9. The monoisotopic (exact) mass is 495 g/mol. The Hall–Kier alpha value is -4.25. The Labute approximate surface area is 202 Å². The van der Waals surface area contributed by atoms with Crippen LogP contribution in [0, 0.1) is 0 Å². The summed E-state index contributed by atoms with van der Waals surface area (Å²) >= 11 is 0. The van der Waals surface area contributed by atoms with Crippen LogP contribution in [0.4, 0.5) is 16.4 Å². The van der Waals surface area contributed by atoms with Crippen molar-refractivity contribution >= 4 is 38.8 Å². The lowest BCUT2D eigenvalue weighted by Gasteiger charge is -2.10. The third-order valence-corrected chi connectivity index (χ3v) is 6.29. The van der Waals surface area contributed by atoms with Gasteiger partial charge in [-0.3, -0.25) is 5.32 Å². The predicted octanol–water partition coefficient (Wildman–Crippen LogP) is 4.09. The Morgan fingerprint density at radius 2 is 1.71 bits per heavy atom. The summed E-state index contributed by atoms with van der Waals surface area (Å²) in [5, 5.41) is 8.42. The van der Waals surface area contributed by atoms with Crippen LogP contribution in [0.25, 0.3) is 11.0 Å². The number of benzene rings is 3. The van der Waals surface area contributed by atoms with Gasteiger partial charge in [-0.25, -0.2) is 9.78 Å². The summed E-state index contributed by atoms with van der Waals surface area (Å²) in [5.41, 5.74) is 2.89. The molecule has 4 aromatic rings. The maximum Gasteiger partial charge on any atom is 0.339 e. The Morgan fingerprint density at radius 3 is 2.40 bits per heavy atom. The second-order valence-electron chi connectivity index (χ2n) is 7.51. The van der Waals surface area contributed by atoms with Crippen molar-refractivity contribution in [2.45, 2.75) is 18.4 Å². The quantitative estimate of drug-likeness (QED) is 0.257. The summed E-state index contributed by atoms with van der Waals surface area (Å²) in [6, 6.07) is 18.2. The number of urea groups is 1. The largest absolute Gasteiger partial charge is 0.497 e. The number of nitrogens with one attached hydrogen (secondary N) is 4. The van der Waals surface area contributed by atoms with Crippen molar-refractivity contribution in [1.29, 1.82) is 0 Å². The third-order valence-electron chi connectivity index (χ3n) is 5.03. The molecule has 0 aliphatic carbocycles. The molecule has 1 aromatic heterocycles. The number of imidazole rings is 1. The molecule has 182 valence electrons. The van der Waals surface area contributed by atoms with E-state index in [0.717, 1.165) is 17.0 Å². The number of ether oxygens (including phenoxy) is 1. The number of carbonyl (C=O) groups excluding carboxylic acids is 1. The van der Waals surface area contributed by atoms with Gasteiger partial charge in [0.25, 0.3) is 0 Å². The van der Waals surface area contributed by atoms with Crippen LogP contribution in [0.5, 0.6) is 11.5 Å². The Morgan fingerprint density at radius 1 is 1.00 bits per heavy atom. The number of aromatic nitrogens is 2. The van der Waals surface area contributed by atoms with E-state index < -0.39 is 16.1 Å². The highest BCUT2D eigenvalue weighted by molar-refractivity contribution is 7.87. The van der Waals surface area contributed by atoms with Gasteiger partial charge in [0.05, 0.1) is 18.1 Å². The number of nitrogens with zero attached hydrogens (tertiary/aromatic N) is 1. The van der Waals surface area contributed by atoms with Gasteiger partial charge in [-0.2, -0.15) is 8.42 Å². The van der Waals surface area contributed by atoms with E-state index >= 15 is 0 Å². The van der Waals surface area contributed by atoms with E-state index in [-0.39, 0.29) is 16.6 Å². The third kappa shape index (κ3) is 6.01. The first-order valence-electron chi connectivity index (χ1n) is 10.8. The van der Waals surface area contributed by atoms with Gasteiger partial charge < -0.3 is 24.5 Å². The number of H-pyrrole nitrogens is 1. The zero-order chi connectivity index (χ0) is 24.8. The SMILES string of the molecule is CCNC(=O)Nc1nc2ccc(OS(=O)(=O)c3ccc(NCc4ccc(OC)cc4)cc3)cc2[nH]1. The Kier molecular flexibility index (Phi) is 7.06. The molecule has 4 N–H and O–H groups in total. The standard InChI is InChI=1S/C24H25N5O5S/c1-3-25-24(30)29-23-27-21-13-10-19(14-22(21)28-23)34-35(31,32)20-11-6-17(7-12-20)26-15-16-4-8-18(33-2)9-5-16/h4-14,26H,3,15H2,1-2H3,(H3,25,27,28,29,30). The summed E-state index contributed by atoms with van der Waals surface area (Å²) in [5.74, 6) is 1.14. The van der Waals surface area contributed by atoms with Crippen LogP contribution >= 0.6 is 0 Å². The van der Waals surface area contributed by atoms with Crippen LogP contribution < -0.4 is 24.9 Å². The van der Waals surface area contributed by atoms with E-state index in [1.807, 2.05) is 24.3 Å². The molecule has 0 radical (unpaired) electrons. The zero-order valence-corrected chi connectivity index (χ0v) is 20.0. The van der Waals surface area contributed by atoms with E-state index in [9.17, 15) is 13.2 Å². The van der Waals surface area contributed by atoms with E-state index in [2.05, 4.69) is 25.9 Å². The van der Waals surface area contributed by atoms with Gasteiger partial charge in [-0.05, 0) is 61.0 Å². The molecule has 0 bridgehead atoms. The molecule has 4 rings (SSSR count). The minimum absolute atomic E-state index is 0.0239. The summed E-state index contributed by atoms with van der Waals surface area (Å²) in [6.45, 7) is 2.85. The molecular formula is C24H25N5O5S. The number of rotatable bonds is 9. The van der Waals surface area contributed by atoms with E-state index in [1.54, 1.807) is 32.2 Å². The van der Waals surface area contributed by atoms with E-state index in [4.69, 9.17) is 8.92 Å². The summed E-state index contributed by atoms with van der Waals surface area (Å²) < 4.78 is 36.0. The van der Waals surface area contributed by atoms with Gasteiger partial charge in [0.15, 0.2) is 0 Å². The maximum absolute atomic E-state index is 12.8. The highest BCUT2D eigenvalue weighted by atomic mass is 32.2. The molecule has 0 saturated carbocycles. The van der Waals surface area contributed by atoms with Gasteiger partial charge in [0.2, 0.25) is 5.95 Å². The fourth-order valence-corrected chi connectivity index (χ4v) is 4.20. The Balaban J connectivity index is 1.40. The highest BCUT2D eigenvalue weighted by Crippen LogP contribution is 2.25. The van der Waals surface area contributed by atoms with Crippen molar-refractivity contribution in [1.82, 2.24) is 15.3 Å². The molecule has 0 aliphatic rings. The van der Waals surface area contributed by atoms with Gasteiger partial charge in [0.1, 0.15) is 16.4 Å². The number of hydrogen-bond donors (Lipinski definition) is 4. The lowest BCUT2D eigenvalue weighted by atomic mass is 10.2. The molecule has 11 heteroatoms. The maximum atomic E-state index is 12.8. The topological polar surface area (TPSA) is 134 Å². The van der Waals surface area contributed by atoms with Crippen LogP contribution in [0.3, 0.4) is 0 Å². The van der Waals surface area contributed by atoms with Gasteiger partial charge in [-0.1, -0.05) is 12.1 Å². The minimum atomic E-state index is -4.05.